The number of sulfonamides is 1. The second-order valence-corrected chi connectivity index (χ2v) is 9.47. The van der Waals surface area contributed by atoms with E-state index in [2.05, 4.69) is 24.4 Å². The first-order valence-electron chi connectivity index (χ1n) is 9.46. The van der Waals surface area contributed by atoms with Crippen molar-refractivity contribution in [2.45, 2.75) is 13.8 Å². The molecule has 1 N–H and O–H groups in total. The monoisotopic (exact) mass is 467 g/mol. The number of carbonyl (C=O) groups excluding carboxylic acids is 1. The van der Waals surface area contributed by atoms with Crippen LogP contribution in [0, 0.1) is 5.92 Å². The van der Waals surface area contributed by atoms with Crippen LogP contribution < -0.4 is 19.2 Å². The van der Waals surface area contributed by atoms with Crippen LogP contribution >= 0.6 is 11.6 Å². The molecule has 0 aliphatic rings. The van der Waals surface area contributed by atoms with Crippen LogP contribution in [0.5, 0.6) is 11.5 Å². The first-order valence-corrected chi connectivity index (χ1v) is 11.7. The lowest BCUT2D eigenvalue weighted by atomic mass is 10.2. The van der Waals surface area contributed by atoms with Gasteiger partial charge >= 0.3 is 0 Å². The van der Waals surface area contributed by atoms with Crippen LogP contribution in [0.1, 0.15) is 19.4 Å². The summed E-state index contributed by atoms with van der Waals surface area (Å²) >= 11 is 6.08. The zero-order chi connectivity index (χ0) is 23.0. The Balaban J connectivity index is 2.01. The van der Waals surface area contributed by atoms with Crippen molar-refractivity contribution in [2.75, 3.05) is 30.8 Å². The van der Waals surface area contributed by atoms with Crippen molar-refractivity contribution in [3.8, 4) is 11.5 Å². The maximum Gasteiger partial charge on any atom is 0.260 e. The van der Waals surface area contributed by atoms with E-state index in [0.717, 1.165) is 21.9 Å². The highest BCUT2D eigenvalue weighted by Crippen LogP contribution is 2.30. The van der Waals surface area contributed by atoms with Crippen LogP contribution in [0.3, 0.4) is 0 Å². The van der Waals surface area contributed by atoms with E-state index in [1.54, 1.807) is 12.1 Å². The second-order valence-electron chi connectivity index (χ2n) is 7.16. The molecule has 0 fully saturated rings. The first kappa shape index (κ1) is 24.5. The summed E-state index contributed by atoms with van der Waals surface area (Å²) in [5, 5.41) is 4.12. The number of hydrogen-bond donors (Lipinski definition) is 1. The molecule has 0 aliphatic carbocycles. The third-order valence-electron chi connectivity index (χ3n) is 3.98. The third-order valence-corrected chi connectivity index (χ3v) is 5.41. The Hall–Kier alpha value is -2.78. The molecule has 1 amide bonds. The van der Waals surface area contributed by atoms with Crippen LogP contribution in [0.15, 0.2) is 47.6 Å². The zero-order valence-electron chi connectivity index (χ0n) is 17.8. The van der Waals surface area contributed by atoms with Crippen LogP contribution in [0.2, 0.25) is 5.02 Å². The predicted octanol–water partition coefficient (Wildman–Crippen LogP) is 3.30. The Labute approximate surface area is 187 Å². The number of nitrogens with zero attached hydrogens (tertiary/aromatic N) is 2. The molecular formula is C21H26ClN3O5S. The molecule has 0 aromatic heterocycles. The summed E-state index contributed by atoms with van der Waals surface area (Å²) < 4.78 is 36.0. The number of ether oxygens (including phenoxy) is 2. The fourth-order valence-corrected chi connectivity index (χ4v) is 3.57. The molecule has 31 heavy (non-hydrogen) atoms. The molecule has 0 aliphatic heterocycles. The summed E-state index contributed by atoms with van der Waals surface area (Å²) in [6.45, 7) is 4.30. The highest BCUT2D eigenvalue weighted by molar-refractivity contribution is 7.92. The number of nitrogens with one attached hydrogen (secondary N) is 1. The lowest BCUT2D eigenvalue weighted by molar-refractivity contribution is -0.119. The van der Waals surface area contributed by atoms with E-state index >= 15 is 0 Å². The van der Waals surface area contributed by atoms with Crippen molar-refractivity contribution < 1.29 is 22.7 Å². The molecule has 0 heterocycles. The number of hydrogen-bond acceptors (Lipinski definition) is 6. The SMILES string of the molecule is COc1ccc(N(CC(=O)NN=Cc2ccc(OCC(C)C)cc2)S(C)(=O)=O)cc1Cl. The van der Waals surface area contributed by atoms with Gasteiger partial charge in [-0.05, 0) is 53.9 Å². The first-order chi connectivity index (χ1) is 14.6. The highest BCUT2D eigenvalue weighted by atomic mass is 35.5. The van der Waals surface area contributed by atoms with Gasteiger partial charge < -0.3 is 9.47 Å². The molecule has 0 unspecified atom stereocenters. The van der Waals surface area contributed by atoms with Crippen molar-refractivity contribution in [2.24, 2.45) is 11.0 Å². The maximum atomic E-state index is 12.3. The summed E-state index contributed by atoms with van der Waals surface area (Å²) in [5.41, 5.74) is 3.32. The maximum absolute atomic E-state index is 12.3. The Kier molecular flexibility index (Phi) is 8.70. The average Bonchev–Trinajstić information content (AvgIpc) is 2.70. The van der Waals surface area contributed by atoms with Gasteiger partial charge in [0.1, 0.15) is 18.0 Å². The van der Waals surface area contributed by atoms with E-state index in [-0.39, 0.29) is 10.7 Å². The van der Waals surface area contributed by atoms with Gasteiger partial charge in [-0.2, -0.15) is 5.10 Å². The van der Waals surface area contributed by atoms with Gasteiger partial charge in [0.05, 0.1) is 36.9 Å². The van der Waals surface area contributed by atoms with Crippen molar-refractivity contribution >= 4 is 39.4 Å². The normalized spacial score (nSPS) is 11.5. The van der Waals surface area contributed by atoms with Gasteiger partial charge in [-0.15, -0.1) is 0 Å². The molecule has 10 heteroatoms. The summed E-state index contributed by atoms with van der Waals surface area (Å²) in [4.78, 5) is 12.3. The van der Waals surface area contributed by atoms with Crippen LogP contribution in [-0.2, 0) is 14.8 Å². The number of benzene rings is 2. The van der Waals surface area contributed by atoms with E-state index in [1.165, 1.54) is 31.5 Å². The molecule has 8 nitrogen and oxygen atoms in total. The van der Waals surface area contributed by atoms with Gasteiger partial charge in [0, 0.05) is 0 Å². The van der Waals surface area contributed by atoms with Gasteiger partial charge in [0.15, 0.2) is 0 Å². The van der Waals surface area contributed by atoms with Crippen molar-refractivity contribution in [1.29, 1.82) is 0 Å². The van der Waals surface area contributed by atoms with Crippen molar-refractivity contribution in [3.05, 3.63) is 53.1 Å². The van der Waals surface area contributed by atoms with Crippen LogP contribution in [-0.4, -0.2) is 47.1 Å². The van der Waals surface area contributed by atoms with E-state index in [0.29, 0.717) is 18.3 Å². The zero-order valence-corrected chi connectivity index (χ0v) is 19.4. The summed E-state index contributed by atoms with van der Waals surface area (Å²) in [5.74, 6) is 0.966. The van der Waals surface area contributed by atoms with E-state index in [4.69, 9.17) is 21.1 Å². The largest absolute Gasteiger partial charge is 0.495 e. The number of methoxy groups -OCH3 is 1. The molecule has 0 radical (unpaired) electrons. The minimum Gasteiger partial charge on any atom is -0.495 e. The van der Waals surface area contributed by atoms with Crippen LogP contribution in [0.25, 0.3) is 0 Å². The Morgan fingerprint density at radius 3 is 2.45 bits per heavy atom. The van der Waals surface area contributed by atoms with E-state index in [9.17, 15) is 13.2 Å². The number of rotatable bonds is 10. The molecule has 0 atom stereocenters. The smallest absolute Gasteiger partial charge is 0.260 e. The topological polar surface area (TPSA) is 97.3 Å². The van der Waals surface area contributed by atoms with Gasteiger partial charge in [-0.3, -0.25) is 9.10 Å². The number of hydrazone groups is 1. The molecule has 2 aromatic carbocycles. The second kappa shape index (κ2) is 11.0. The number of amides is 1. The molecule has 2 aromatic rings. The predicted molar refractivity (Wildman–Crippen MR) is 123 cm³/mol. The number of halogens is 1. The summed E-state index contributed by atoms with van der Waals surface area (Å²) in [6.07, 6.45) is 2.46. The lowest BCUT2D eigenvalue weighted by Gasteiger charge is -2.21. The van der Waals surface area contributed by atoms with Gasteiger partial charge in [0.25, 0.3) is 5.91 Å². The lowest BCUT2D eigenvalue weighted by Crippen LogP contribution is -2.39. The van der Waals surface area contributed by atoms with Gasteiger partial charge in [0.2, 0.25) is 10.0 Å². The molecule has 2 rings (SSSR count). The van der Waals surface area contributed by atoms with Gasteiger partial charge in [-0.1, -0.05) is 25.4 Å². The van der Waals surface area contributed by atoms with Gasteiger partial charge in [-0.25, -0.2) is 13.8 Å². The Morgan fingerprint density at radius 2 is 1.90 bits per heavy atom. The standard InChI is InChI=1S/C21H26ClN3O5S/c1-15(2)14-30-18-8-5-16(6-9-18)12-23-24-21(26)13-25(31(4,27)28)17-7-10-20(29-3)19(22)11-17/h5-12,15H,13-14H2,1-4H3,(H,24,26). The summed E-state index contributed by atoms with van der Waals surface area (Å²) in [6, 6.07) is 11.7. The molecule has 0 bridgehead atoms. The quantitative estimate of drug-likeness (QED) is 0.427. The Bertz CT molecular complexity index is 1020. The molecule has 168 valence electrons. The fraction of sp³-hybridized carbons (Fsp3) is 0.333. The fourth-order valence-electron chi connectivity index (χ4n) is 2.47. The molecule has 0 saturated heterocycles. The van der Waals surface area contributed by atoms with Crippen LogP contribution in [0.4, 0.5) is 5.69 Å². The van der Waals surface area contributed by atoms with E-state index < -0.39 is 22.5 Å². The van der Waals surface area contributed by atoms with Crippen molar-refractivity contribution in [3.63, 3.8) is 0 Å². The summed E-state index contributed by atoms with van der Waals surface area (Å²) in [7, 11) is -2.28. The molecule has 0 spiro atoms. The van der Waals surface area contributed by atoms with Crippen molar-refractivity contribution in [1.82, 2.24) is 5.43 Å². The molecular weight excluding hydrogens is 442 g/mol. The minimum atomic E-state index is -3.74. The highest BCUT2D eigenvalue weighted by Gasteiger charge is 2.21. The number of carbonyl (C=O) groups is 1. The minimum absolute atomic E-state index is 0.230. The Morgan fingerprint density at radius 1 is 1.23 bits per heavy atom. The average molecular weight is 468 g/mol. The molecule has 0 saturated carbocycles. The van der Waals surface area contributed by atoms with E-state index in [1.807, 2.05) is 12.1 Å². The number of anilines is 1. The third kappa shape index (κ3) is 7.76.